The molecule has 0 aliphatic heterocycles. The van der Waals surface area contributed by atoms with Gasteiger partial charge in [0, 0.05) is 15.2 Å². The van der Waals surface area contributed by atoms with E-state index in [4.69, 9.17) is 0 Å². The smallest absolute Gasteiger partial charge is 0.203 e. The van der Waals surface area contributed by atoms with Crippen LogP contribution >= 0.6 is 0 Å². The molecule has 0 fully saturated rings. The Morgan fingerprint density at radius 2 is 1.35 bits per heavy atom. The van der Waals surface area contributed by atoms with Crippen LogP contribution in [0.2, 0.25) is 19.1 Å². The Labute approximate surface area is 94.6 Å². The van der Waals surface area contributed by atoms with Gasteiger partial charge in [0.05, 0.1) is 0 Å². The van der Waals surface area contributed by atoms with E-state index >= 15 is 0 Å². The molecule has 0 nitrogen and oxygen atoms in total. The van der Waals surface area contributed by atoms with Gasteiger partial charge in [-0.25, -0.2) is 8.78 Å². The maximum atomic E-state index is 12.9. The van der Waals surface area contributed by atoms with Gasteiger partial charge in [0.25, 0.3) is 0 Å². The van der Waals surface area contributed by atoms with E-state index in [1.165, 1.54) is 0 Å². The molecule has 0 saturated carbocycles. The molecular formula is C8H12F8Si. The van der Waals surface area contributed by atoms with E-state index in [1.54, 1.807) is 13.1 Å². The Kier molecular flexibility index (Phi) is 5.01. The normalized spacial score (nSPS) is 14.8. The molecule has 0 bridgehead atoms. The highest BCUT2D eigenvalue weighted by Crippen LogP contribution is 2.50. The summed E-state index contributed by atoms with van der Waals surface area (Å²) in [6.45, 7) is 3.11. The minimum Gasteiger partial charge on any atom is -0.203 e. The van der Waals surface area contributed by atoms with Crippen LogP contribution in [-0.4, -0.2) is 33.0 Å². The van der Waals surface area contributed by atoms with Crippen LogP contribution in [-0.2, 0) is 0 Å². The fourth-order valence-corrected chi connectivity index (χ4v) is 1.95. The van der Waals surface area contributed by atoms with E-state index in [9.17, 15) is 35.1 Å². The lowest BCUT2D eigenvalue weighted by atomic mass is 10.0. The van der Waals surface area contributed by atoms with Crippen LogP contribution in [0.25, 0.3) is 0 Å². The molecule has 0 radical (unpaired) electrons. The molecule has 0 unspecified atom stereocenters. The number of hydrogen-bond donors (Lipinski definition) is 0. The van der Waals surface area contributed by atoms with Crippen molar-refractivity contribution in [3.05, 3.63) is 0 Å². The monoisotopic (exact) mass is 288 g/mol. The van der Waals surface area contributed by atoms with E-state index in [0.717, 1.165) is 0 Å². The topological polar surface area (TPSA) is 0 Å². The lowest BCUT2D eigenvalue weighted by Gasteiger charge is -2.32. The van der Waals surface area contributed by atoms with Crippen LogP contribution in [0.15, 0.2) is 0 Å². The summed E-state index contributed by atoms with van der Waals surface area (Å²) in [6.07, 6.45) is -6.34. The SMILES string of the molecule is C[SiH](C)CCC(F)(F)C(F)(F)C(F)(F)C(F)F. The summed E-state index contributed by atoms with van der Waals surface area (Å²) in [5.41, 5.74) is 0. The second-order valence-corrected chi connectivity index (χ2v) is 7.50. The van der Waals surface area contributed by atoms with E-state index in [1.807, 2.05) is 0 Å². The average Bonchev–Trinajstić information content (AvgIpc) is 2.14. The summed E-state index contributed by atoms with van der Waals surface area (Å²) in [5.74, 6) is -17.2. The highest BCUT2D eigenvalue weighted by atomic mass is 28.3. The van der Waals surface area contributed by atoms with Gasteiger partial charge in [-0.15, -0.1) is 0 Å². The number of alkyl halides is 8. The fourth-order valence-electron chi connectivity index (χ4n) is 1.01. The molecule has 0 amide bonds. The van der Waals surface area contributed by atoms with E-state index < -0.39 is 39.4 Å². The van der Waals surface area contributed by atoms with Gasteiger partial charge in [-0.05, 0) is 0 Å². The lowest BCUT2D eigenvalue weighted by molar-refractivity contribution is -0.338. The average molecular weight is 288 g/mol. The van der Waals surface area contributed by atoms with Crippen LogP contribution < -0.4 is 0 Å². The van der Waals surface area contributed by atoms with E-state index in [-0.39, 0.29) is 6.04 Å². The van der Waals surface area contributed by atoms with Crippen molar-refractivity contribution in [1.29, 1.82) is 0 Å². The van der Waals surface area contributed by atoms with Gasteiger partial charge < -0.3 is 0 Å². The molecule has 17 heavy (non-hydrogen) atoms. The first kappa shape index (κ1) is 16.7. The zero-order chi connectivity index (χ0) is 14.1. The second kappa shape index (κ2) is 5.11. The third kappa shape index (κ3) is 3.32. The van der Waals surface area contributed by atoms with Gasteiger partial charge in [-0.2, -0.15) is 26.3 Å². The molecule has 0 aromatic rings. The maximum absolute atomic E-state index is 12.9. The van der Waals surface area contributed by atoms with Crippen molar-refractivity contribution in [2.75, 3.05) is 0 Å². The van der Waals surface area contributed by atoms with Crippen LogP contribution in [0, 0.1) is 0 Å². The Bertz CT molecular complexity index is 250. The van der Waals surface area contributed by atoms with Gasteiger partial charge in [0.2, 0.25) is 0 Å². The molecule has 0 aliphatic rings. The molecule has 0 aliphatic carbocycles. The lowest BCUT2D eigenvalue weighted by Crippen LogP contribution is -2.57. The predicted octanol–water partition coefficient (Wildman–Crippen LogP) is 4.03. The summed E-state index contributed by atoms with van der Waals surface area (Å²) in [4.78, 5) is 0. The third-order valence-electron chi connectivity index (χ3n) is 2.19. The Balaban J connectivity index is 5.01. The molecule has 0 aromatic carbocycles. The van der Waals surface area contributed by atoms with Crippen molar-refractivity contribution in [3.63, 3.8) is 0 Å². The van der Waals surface area contributed by atoms with E-state index in [0.29, 0.717) is 0 Å². The van der Waals surface area contributed by atoms with Crippen molar-refractivity contribution >= 4 is 8.80 Å². The fraction of sp³-hybridized carbons (Fsp3) is 1.00. The highest BCUT2D eigenvalue weighted by molar-refractivity contribution is 6.55. The van der Waals surface area contributed by atoms with Gasteiger partial charge in [-0.3, -0.25) is 0 Å². The van der Waals surface area contributed by atoms with Crippen LogP contribution in [0.3, 0.4) is 0 Å². The van der Waals surface area contributed by atoms with E-state index in [2.05, 4.69) is 0 Å². The molecule has 0 spiro atoms. The zero-order valence-electron chi connectivity index (χ0n) is 9.09. The van der Waals surface area contributed by atoms with Crippen molar-refractivity contribution in [1.82, 2.24) is 0 Å². The van der Waals surface area contributed by atoms with Gasteiger partial charge in [0.1, 0.15) is 0 Å². The summed E-state index contributed by atoms with van der Waals surface area (Å²) in [6, 6.07) is -0.331. The molecule has 0 saturated heterocycles. The van der Waals surface area contributed by atoms with Crippen molar-refractivity contribution in [3.8, 4) is 0 Å². The van der Waals surface area contributed by atoms with Gasteiger partial charge in [-0.1, -0.05) is 19.1 Å². The standard InChI is InChI=1S/C8H12F8Si/c1-17(2)4-3-6(11,12)8(15,16)7(13,14)5(9)10/h5,17H,3-4H2,1-2H3. The molecule has 104 valence electrons. The minimum atomic E-state index is -6.04. The second-order valence-electron chi connectivity index (χ2n) is 4.14. The Morgan fingerprint density at radius 1 is 0.941 bits per heavy atom. The quantitative estimate of drug-likeness (QED) is 0.511. The Morgan fingerprint density at radius 3 is 1.65 bits per heavy atom. The molecule has 0 atom stereocenters. The largest absolute Gasteiger partial charge is 0.377 e. The number of hydrogen-bond acceptors (Lipinski definition) is 0. The van der Waals surface area contributed by atoms with Crippen molar-refractivity contribution in [2.45, 2.75) is 49.8 Å². The Hall–Kier alpha value is -0.343. The molecule has 0 aromatic heterocycles. The number of rotatable bonds is 6. The summed E-state index contributed by atoms with van der Waals surface area (Å²) >= 11 is 0. The van der Waals surface area contributed by atoms with Crippen LogP contribution in [0.5, 0.6) is 0 Å². The molecule has 0 heterocycles. The van der Waals surface area contributed by atoms with Crippen molar-refractivity contribution in [2.24, 2.45) is 0 Å². The van der Waals surface area contributed by atoms with Crippen LogP contribution in [0.1, 0.15) is 6.42 Å². The molecule has 0 rings (SSSR count). The zero-order valence-corrected chi connectivity index (χ0v) is 10.2. The third-order valence-corrected chi connectivity index (χ3v) is 3.63. The summed E-state index contributed by atoms with van der Waals surface area (Å²) < 4.78 is 99.3. The maximum Gasteiger partial charge on any atom is 0.377 e. The first-order valence-corrected chi connectivity index (χ1v) is 7.90. The van der Waals surface area contributed by atoms with Gasteiger partial charge in [0.15, 0.2) is 0 Å². The van der Waals surface area contributed by atoms with Gasteiger partial charge >= 0.3 is 24.2 Å². The molecule has 9 heteroatoms. The predicted molar refractivity (Wildman–Crippen MR) is 49.1 cm³/mol. The van der Waals surface area contributed by atoms with Crippen molar-refractivity contribution < 1.29 is 35.1 Å². The minimum absolute atomic E-state index is 0.331. The first-order valence-electron chi connectivity index (χ1n) is 4.78. The van der Waals surface area contributed by atoms with Crippen LogP contribution in [0.4, 0.5) is 35.1 Å². The molecular weight excluding hydrogens is 276 g/mol. The number of halogens is 8. The highest BCUT2D eigenvalue weighted by Gasteiger charge is 2.74. The molecule has 0 N–H and O–H groups in total. The first-order chi connectivity index (χ1) is 7.36. The summed E-state index contributed by atoms with van der Waals surface area (Å²) in [7, 11) is -1.67. The summed E-state index contributed by atoms with van der Waals surface area (Å²) in [5, 5.41) is 0.